The fraction of sp³-hybridized carbons (Fsp3) is 0.273. The molecule has 0 bridgehead atoms. The summed E-state index contributed by atoms with van der Waals surface area (Å²) in [6.45, 7) is 11.0. The van der Waals surface area contributed by atoms with E-state index in [2.05, 4.69) is 35.0 Å². The van der Waals surface area contributed by atoms with E-state index in [0.717, 1.165) is 49.5 Å². The van der Waals surface area contributed by atoms with E-state index in [1.54, 1.807) is 36.5 Å². The number of carbonyl (C=O) groups excluding carboxylic acids is 2. The van der Waals surface area contributed by atoms with Crippen LogP contribution in [0.15, 0.2) is 90.2 Å². The van der Waals surface area contributed by atoms with Crippen LogP contribution >= 0.6 is 0 Å². The molecule has 0 saturated carbocycles. The second-order valence-corrected chi connectivity index (χ2v) is 11.9. The molecule has 0 aliphatic rings. The van der Waals surface area contributed by atoms with Crippen molar-refractivity contribution in [1.29, 1.82) is 0 Å². The molecular formula is C33H36N4O5S. The van der Waals surface area contributed by atoms with Crippen LogP contribution < -0.4 is 9.62 Å². The molecule has 3 aromatic carbocycles. The van der Waals surface area contributed by atoms with Crippen LogP contribution in [0.1, 0.15) is 67.2 Å². The molecule has 0 aliphatic carbocycles. The molecule has 224 valence electrons. The highest BCUT2D eigenvalue weighted by molar-refractivity contribution is 7.90. The Morgan fingerprint density at radius 2 is 1.63 bits per heavy atom. The summed E-state index contributed by atoms with van der Waals surface area (Å²) in [5.41, 5.74) is 0.878. The lowest BCUT2D eigenvalue weighted by atomic mass is 10.0. The molecule has 1 heterocycles. The fourth-order valence-corrected chi connectivity index (χ4v) is 5.54. The Balaban J connectivity index is 1.68. The number of anilines is 1. The Hall–Kier alpha value is -4.57. The molecule has 9 nitrogen and oxygen atoms in total. The van der Waals surface area contributed by atoms with Gasteiger partial charge in [-0.3, -0.25) is 4.79 Å². The lowest BCUT2D eigenvalue weighted by molar-refractivity contribution is 0.0628. The molecule has 0 atom stereocenters. The molecule has 4 rings (SSSR count). The molecule has 0 spiro atoms. The Labute approximate surface area is 252 Å². The van der Waals surface area contributed by atoms with Gasteiger partial charge in [0.15, 0.2) is 0 Å². The highest BCUT2D eigenvalue weighted by atomic mass is 32.2. The van der Waals surface area contributed by atoms with E-state index in [9.17, 15) is 18.0 Å². The highest BCUT2D eigenvalue weighted by Crippen LogP contribution is 2.27. The number of sulfonamides is 1. The maximum atomic E-state index is 13.2. The number of hydrogen-bond donors (Lipinski definition) is 1. The summed E-state index contributed by atoms with van der Waals surface area (Å²) in [6.07, 6.45) is 5.66. The zero-order chi connectivity index (χ0) is 31.0. The number of aromatic nitrogens is 2. The first-order valence-electron chi connectivity index (χ1n) is 14.3. The number of hydrogen-bond acceptors (Lipinski definition) is 8. The van der Waals surface area contributed by atoms with Crippen LogP contribution in [-0.2, 0) is 14.8 Å². The largest absolute Gasteiger partial charge is 0.428 e. The molecule has 1 N–H and O–H groups in total. The molecule has 0 aliphatic heterocycles. The molecule has 43 heavy (non-hydrogen) atoms. The number of esters is 1. The molecule has 0 radical (unpaired) electrons. The topological polar surface area (TPSA) is 119 Å². The van der Waals surface area contributed by atoms with Crippen LogP contribution in [-0.4, -0.2) is 43.4 Å². The summed E-state index contributed by atoms with van der Waals surface area (Å²) >= 11 is 0. The zero-order valence-corrected chi connectivity index (χ0v) is 25.5. The highest BCUT2D eigenvalue weighted by Gasteiger charge is 2.23. The van der Waals surface area contributed by atoms with Crippen molar-refractivity contribution in [2.75, 3.05) is 18.0 Å². The van der Waals surface area contributed by atoms with Crippen molar-refractivity contribution in [3.8, 4) is 11.3 Å². The third kappa shape index (κ3) is 7.84. The Kier molecular flexibility index (Phi) is 10.3. The Bertz CT molecular complexity index is 1750. The third-order valence-electron chi connectivity index (χ3n) is 6.79. The molecular weight excluding hydrogens is 564 g/mol. The van der Waals surface area contributed by atoms with E-state index in [0.29, 0.717) is 17.2 Å². The second kappa shape index (κ2) is 14.1. The number of benzene rings is 3. The molecule has 0 fully saturated rings. The van der Waals surface area contributed by atoms with Crippen LogP contribution in [0.4, 0.5) is 5.95 Å². The summed E-state index contributed by atoms with van der Waals surface area (Å²) in [5.74, 6) is -0.929. The zero-order valence-electron chi connectivity index (χ0n) is 24.7. The lowest BCUT2D eigenvalue weighted by Crippen LogP contribution is -2.30. The molecule has 1 amide bonds. The third-order valence-corrected chi connectivity index (χ3v) is 8.12. The molecule has 0 unspecified atom stereocenters. The number of allylic oxidation sites excluding steroid dienone is 1. The minimum Gasteiger partial charge on any atom is -0.428 e. The predicted octanol–water partition coefficient (Wildman–Crippen LogP) is 6.51. The molecule has 1 aromatic heterocycles. The SMILES string of the molecule is C=C(C)OC(=O)c1cc(C(=O)NS(=O)(=O)c2ccc3ccccc3c2)ccc1-c1ccnc(N(CCCC)CCCC)n1. The van der Waals surface area contributed by atoms with E-state index in [4.69, 9.17) is 9.72 Å². The maximum Gasteiger partial charge on any atom is 0.343 e. The number of carbonyl (C=O) groups is 2. The summed E-state index contributed by atoms with van der Waals surface area (Å²) in [5, 5.41) is 1.59. The van der Waals surface area contributed by atoms with Gasteiger partial charge in [-0.1, -0.05) is 69.7 Å². The normalized spacial score (nSPS) is 11.2. The first-order valence-corrected chi connectivity index (χ1v) is 15.8. The smallest absolute Gasteiger partial charge is 0.343 e. The summed E-state index contributed by atoms with van der Waals surface area (Å²) in [4.78, 5) is 37.7. The molecule has 10 heteroatoms. The lowest BCUT2D eigenvalue weighted by Gasteiger charge is -2.22. The van der Waals surface area contributed by atoms with E-state index in [-0.39, 0.29) is 21.8 Å². The van der Waals surface area contributed by atoms with Gasteiger partial charge in [-0.25, -0.2) is 27.9 Å². The number of fused-ring (bicyclic) bond motifs is 1. The van der Waals surface area contributed by atoms with Gasteiger partial charge in [0.2, 0.25) is 5.95 Å². The van der Waals surface area contributed by atoms with Crippen molar-refractivity contribution in [3.63, 3.8) is 0 Å². The number of amides is 1. The number of unbranched alkanes of at least 4 members (excludes halogenated alkanes) is 2. The summed E-state index contributed by atoms with van der Waals surface area (Å²) in [7, 11) is -4.20. The molecule has 0 saturated heterocycles. The minimum atomic E-state index is -4.20. The summed E-state index contributed by atoms with van der Waals surface area (Å²) < 4.78 is 33.6. The van der Waals surface area contributed by atoms with Crippen molar-refractivity contribution in [1.82, 2.24) is 14.7 Å². The van der Waals surface area contributed by atoms with Crippen molar-refractivity contribution < 1.29 is 22.7 Å². The predicted molar refractivity (Wildman–Crippen MR) is 168 cm³/mol. The van der Waals surface area contributed by atoms with Gasteiger partial charge in [0.1, 0.15) is 0 Å². The van der Waals surface area contributed by atoms with Crippen LogP contribution in [0, 0.1) is 0 Å². The average Bonchev–Trinajstić information content (AvgIpc) is 3.00. The number of nitrogens with one attached hydrogen (secondary N) is 1. The van der Waals surface area contributed by atoms with E-state index >= 15 is 0 Å². The monoisotopic (exact) mass is 600 g/mol. The minimum absolute atomic E-state index is 0.0384. The van der Waals surface area contributed by atoms with Crippen LogP contribution in [0.2, 0.25) is 0 Å². The van der Waals surface area contributed by atoms with Crippen molar-refractivity contribution in [2.24, 2.45) is 0 Å². The van der Waals surface area contributed by atoms with Gasteiger partial charge in [0, 0.05) is 30.4 Å². The number of nitrogens with zero attached hydrogens (tertiary/aromatic N) is 3. The molecule has 4 aromatic rings. The quantitative estimate of drug-likeness (QED) is 0.136. The Morgan fingerprint density at radius 3 is 2.30 bits per heavy atom. The first-order chi connectivity index (χ1) is 20.6. The van der Waals surface area contributed by atoms with Gasteiger partial charge in [-0.05, 0) is 60.9 Å². The number of ether oxygens (including phenoxy) is 1. The second-order valence-electron chi connectivity index (χ2n) is 10.2. The Morgan fingerprint density at radius 1 is 0.930 bits per heavy atom. The number of rotatable bonds is 13. The van der Waals surface area contributed by atoms with E-state index in [1.807, 2.05) is 12.1 Å². The van der Waals surface area contributed by atoms with Crippen molar-refractivity contribution in [3.05, 3.63) is 96.4 Å². The van der Waals surface area contributed by atoms with Crippen LogP contribution in [0.5, 0.6) is 0 Å². The fourth-order valence-electron chi connectivity index (χ4n) is 4.53. The van der Waals surface area contributed by atoms with Crippen molar-refractivity contribution >= 4 is 38.6 Å². The van der Waals surface area contributed by atoms with Gasteiger partial charge in [0.05, 0.1) is 21.9 Å². The summed E-state index contributed by atoms with van der Waals surface area (Å²) in [6, 6.07) is 17.9. The first kappa shape index (κ1) is 31.4. The van der Waals surface area contributed by atoms with Gasteiger partial charge < -0.3 is 9.64 Å². The van der Waals surface area contributed by atoms with Gasteiger partial charge in [0.25, 0.3) is 15.9 Å². The maximum absolute atomic E-state index is 13.2. The van der Waals surface area contributed by atoms with Crippen LogP contribution in [0.25, 0.3) is 22.0 Å². The average molecular weight is 601 g/mol. The standard InChI is InChI=1S/C33H36N4O5S/c1-5-7-19-37(20-8-6-2)33-34-18-17-30(35-33)28-16-14-26(22-29(28)32(39)42-23(3)4)31(38)36-43(40,41)27-15-13-24-11-9-10-12-25(24)21-27/h9-18,21-22H,3,5-8,19-20H2,1-2,4H3,(H,36,38). The van der Waals surface area contributed by atoms with Gasteiger partial charge in [-0.15, -0.1) is 0 Å². The van der Waals surface area contributed by atoms with E-state index < -0.39 is 21.9 Å². The van der Waals surface area contributed by atoms with E-state index in [1.165, 1.54) is 31.2 Å². The van der Waals surface area contributed by atoms with Crippen LogP contribution in [0.3, 0.4) is 0 Å². The van der Waals surface area contributed by atoms with Crippen molar-refractivity contribution in [2.45, 2.75) is 51.3 Å². The van der Waals surface area contributed by atoms with Gasteiger partial charge in [-0.2, -0.15) is 0 Å². The van der Waals surface area contributed by atoms with Gasteiger partial charge >= 0.3 is 5.97 Å².